The van der Waals surface area contributed by atoms with Gasteiger partial charge in [0.25, 0.3) is 0 Å². The summed E-state index contributed by atoms with van der Waals surface area (Å²) in [5, 5.41) is 5.78. The van der Waals surface area contributed by atoms with Gasteiger partial charge in [-0.25, -0.2) is 4.98 Å². The van der Waals surface area contributed by atoms with Crippen molar-refractivity contribution in [1.82, 2.24) is 15.3 Å². The summed E-state index contributed by atoms with van der Waals surface area (Å²) in [6.07, 6.45) is 6.41. The van der Waals surface area contributed by atoms with Gasteiger partial charge >= 0.3 is 0 Å². The second-order valence-corrected chi connectivity index (χ2v) is 4.54. The molecule has 0 aromatic carbocycles. The van der Waals surface area contributed by atoms with Crippen LogP contribution in [0.15, 0.2) is 36.1 Å². The van der Waals surface area contributed by atoms with E-state index in [0.29, 0.717) is 19.4 Å². The van der Waals surface area contributed by atoms with Crippen LogP contribution in [0.4, 0.5) is 0 Å². The number of hydrogen-bond donors (Lipinski definition) is 1. The maximum Gasteiger partial charge on any atom is 0.220 e. The fourth-order valence-corrected chi connectivity index (χ4v) is 2.01. The normalized spacial score (nSPS) is 10.1. The Kier molecular flexibility index (Phi) is 4.21. The molecular formula is C12H13N3OS. The number of aryl methyl sites for hydroxylation is 1. The molecule has 2 rings (SSSR count). The van der Waals surface area contributed by atoms with Gasteiger partial charge in [0.05, 0.1) is 5.01 Å². The van der Waals surface area contributed by atoms with Crippen LogP contribution in [0, 0.1) is 0 Å². The van der Waals surface area contributed by atoms with Crippen LogP contribution < -0.4 is 5.32 Å². The van der Waals surface area contributed by atoms with Gasteiger partial charge in [0.15, 0.2) is 0 Å². The number of thiazole rings is 1. The van der Waals surface area contributed by atoms with E-state index >= 15 is 0 Å². The highest BCUT2D eigenvalue weighted by atomic mass is 32.1. The summed E-state index contributed by atoms with van der Waals surface area (Å²) in [6, 6.07) is 3.80. The predicted octanol–water partition coefficient (Wildman–Crippen LogP) is 1.79. The van der Waals surface area contributed by atoms with Crippen molar-refractivity contribution in [2.45, 2.75) is 19.4 Å². The summed E-state index contributed by atoms with van der Waals surface area (Å²) in [6.45, 7) is 0.532. The molecule has 2 heterocycles. The molecule has 17 heavy (non-hydrogen) atoms. The van der Waals surface area contributed by atoms with Gasteiger partial charge in [-0.3, -0.25) is 9.78 Å². The van der Waals surface area contributed by atoms with Crippen molar-refractivity contribution in [3.05, 3.63) is 46.7 Å². The molecule has 0 atom stereocenters. The Bertz CT molecular complexity index is 456. The summed E-state index contributed by atoms with van der Waals surface area (Å²) in [4.78, 5) is 19.7. The molecule has 0 saturated heterocycles. The first-order valence-electron chi connectivity index (χ1n) is 5.38. The number of aromatic nitrogens is 2. The first-order chi connectivity index (χ1) is 8.34. The average Bonchev–Trinajstić information content (AvgIpc) is 2.88. The molecule has 1 N–H and O–H groups in total. The zero-order valence-electron chi connectivity index (χ0n) is 9.30. The molecule has 0 aliphatic carbocycles. The van der Waals surface area contributed by atoms with Crippen LogP contribution in [0.3, 0.4) is 0 Å². The molecule has 0 saturated carbocycles. The molecule has 0 unspecified atom stereocenters. The van der Waals surface area contributed by atoms with Gasteiger partial charge < -0.3 is 5.32 Å². The van der Waals surface area contributed by atoms with Crippen molar-refractivity contribution in [3.8, 4) is 0 Å². The van der Waals surface area contributed by atoms with Crippen LogP contribution in [0.25, 0.3) is 0 Å². The predicted molar refractivity (Wildman–Crippen MR) is 66.5 cm³/mol. The molecule has 0 aliphatic heterocycles. The van der Waals surface area contributed by atoms with E-state index in [1.165, 1.54) is 0 Å². The van der Waals surface area contributed by atoms with Gasteiger partial charge in [0.1, 0.15) is 0 Å². The summed E-state index contributed by atoms with van der Waals surface area (Å²) >= 11 is 1.58. The molecule has 2 aromatic rings. The highest BCUT2D eigenvalue weighted by Gasteiger charge is 2.03. The number of nitrogens with one attached hydrogen (secondary N) is 1. The Morgan fingerprint density at radius 2 is 2.35 bits per heavy atom. The number of nitrogens with zero attached hydrogens (tertiary/aromatic N) is 2. The Morgan fingerprint density at radius 1 is 1.41 bits per heavy atom. The number of amides is 1. The minimum atomic E-state index is 0.0454. The Labute approximate surface area is 104 Å². The van der Waals surface area contributed by atoms with E-state index in [1.54, 1.807) is 29.9 Å². The molecule has 88 valence electrons. The Hall–Kier alpha value is -1.75. The second kappa shape index (κ2) is 6.10. The zero-order chi connectivity index (χ0) is 11.9. The van der Waals surface area contributed by atoms with Crippen molar-refractivity contribution < 1.29 is 4.79 Å². The van der Waals surface area contributed by atoms with Crippen molar-refractivity contribution in [2.75, 3.05) is 0 Å². The van der Waals surface area contributed by atoms with Crippen LogP contribution in [-0.2, 0) is 17.8 Å². The summed E-state index contributed by atoms with van der Waals surface area (Å²) in [5.41, 5.74) is 1.01. The third kappa shape index (κ3) is 3.96. The number of carbonyl (C=O) groups excluding carboxylic acids is 1. The maximum absolute atomic E-state index is 11.6. The van der Waals surface area contributed by atoms with E-state index in [2.05, 4.69) is 15.3 Å². The molecule has 0 spiro atoms. The van der Waals surface area contributed by atoms with Gasteiger partial charge in [0, 0.05) is 43.4 Å². The summed E-state index contributed by atoms with van der Waals surface area (Å²) in [7, 11) is 0. The van der Waals surface area contributed by atoms with Crippen molar-refractivity contribution in [1.29, 1.82) is 0 Å². The highest BCUT2D eigenvalue weighted by Crippen LogP contribution is 2.06. The lowest BCUT2D eigenvalue weighted by Crippen LogP contribution is -2.23. The van der Waals surface area contributed by atoms with E-state index in [4.69, 9.17) is 0 Å². The minimum absolute atomic E-state index is 0.0454. The lowest BCUT2D eigenvalue weighted by Gasteiger charge is -2.03. The van der Waals surface area contributed by atoms with Crippen LogP contribution in [0.5, 0.6) is 0 Å². The van der Waals surface area contributed by atoms with Crippen LogP contribution in [-0.4, -0.2) is 15.9 Å². The number of carbonyl (C=O) groups is 1. The fraction of sp³-hybridized carbons (Fsp3) is 0.250. The minimum Gasteiger partial charge on any atom is -0.352 e. The molecule has 0 fully saturated rings. The third-order valence-corrected chi connectivity index (χ3v) is 3.10. The van der Waals surface area contributed by atoms with Crippen molar-refractivity contribution >= 4 is 17.2 Å². The van der Waals surface area contributed by atoms with Gasteiger partial charge in [0.2, 0.25) is 5.91 Å². The first-order valence-corrected chi connectivity index (χ1v) is 6.26. The topological polar surface area (TPSA) is 54.9 Å². The smallest absolute Gasteiger partial charge is 0.220 e. The van der Waals surface area contributed by atoms with Crippen LogP contribution in [0.2, 0.25) is 0 Å². The highest BCUT2D eigenvalue weighted by molar-refractivity contribution is 7.09. The van der Waals surface area contributed by atoms with E-state index in [0.717, 1.165) is 10.6 Å². The molecule has 0 bridgehead atoms. The Morgan fingerprint density at radius 3 is 3.06 bits per heavy atom. The first kappa shape index (κ1) is 11.7. The quantitative estimate of drug-likeness (QED) is 0.876. The third-order valence-electron chi connectivity index (χ3n) is 2.26. The van der Waals surface area contributed by atoms with Gasteiger partial charge in [-0.15, -0.1) is 11.3 Å². The average molecular weight is 247 g/mol. The fourth-order valence-electron chi connectivity index (χ4n) is 1.39. The maximum atomic E-state index is 11.6. The second-order valence-electron chi connectivity index (χ2n) is 3.56. The molecule has 0 aliphatic rings. The standard InChI is InChI=1S/C12H13N3OS/c16-11(3-4-12-14-6-7-17-12)15-9-10-2-1-5-13-8-10/h1-2,5-8H,3-4,9H2,(H,15,16). The number of rotatable bonds is 5. The van der Waals surface area contributed by atoms with Gasteiger partial charge in [-0.05, 0) is 11.6 Å². The monoisotopic (exact) mass is 247 g/mol. The largest absolute Gasteiger partial charge is 0.352 e. The van der Waals surface area contributed by atoms with Crippen LogP contribution >= 0.6 is 11.3 Å². The summed E-state index contributed by atoms with van der Waals surface area (Å²) < 4.78 is 0. The van der Waals surface area contributed by atoms with E-state index < -0.39 is 0 Å². The van der Waals surface area contributed by atoms with E-state index in [-0.39, 0.29) is 5.91 Å². The Balaban J connectivity index is 1.71. The van der Waals surface area contributed by atoms with Crippen LogP contribution in [0.1, 0.15) is 17.0 Å². The molecule has 0 radical (unpaired) electrons. The zero-order valence-corrected chi connectivity index (χ0v) is 10.1. The number of pyridine rings is 1. The van der Waals surface area contributed by atoms with Gasteiger partial charge in [-0.2, -0.15) is 0 Å². The SMILES string of the molecule is O=C(CCc1nccs1)NCc1cccnc1. The van der Waals surface area contributed by atoms with Crippen molar-refractivity contribution in [2.24, 2.45) is 0 Å². The van der Waals surface area contributed by atoms with E-state index in [1.807, 2.05) is 17.5 Å². The number of hydrogen-bond acceptors (Lipinski definition) is 4. The van der Waals surface area contributed by atoms with Gasteiger partial charge in [-0.1, -0.05) is 6.07 Å². The molecule has 5 heteroatoms. The van der Waals surface area contributed by atoms with E-state index in [9.17, 15) is 4.79 Å². The lowest BCUT2D eigenvalue weighted by atomic mass is 10.2. The van der Waals surface area contributed by atoms with Crippen molar-refractivity contribution in [3.63, 3.8) is 0 Å². The molecule has 1 amide bonds. The molecular weight excluding hydrogens is 234 g/mol. The summed E-state index contributed by atoms with van der Waals surface area (Å²) in [5.74, 6) is 0.0454. The molecule has 2 aromatic heterocycles. The molecule has 4 nitrogen and oxygen atoms in total. The lowest BCUT2D eigenvalue weighted by molar-refractivity contribution is -0.121.